The van der Waals surface area contributed by atoms with Crippen molar-refractivity contribution in [2.24, 2.45) is 5.92 Å². The smallest absolute Gasteiger partial charge is 0.339 e. The van der Waals surface area contributed by atoms with E-state index in [9.17, 15) is 4.79 Å². The van der Waals surface area contributed by atoms with E-state index in [1.54, 1.807) is 0 Å². The molecule has 2 rings (SSSR count). The molecular weight excluding hydrogens is 583 g/mol. The minimum atomic E-state index is -0.387. The van der Waals surface area contributed by atoms with Crippen LogP contribution in [-0.2, 0) is 4.74 Å². The Balaban J connectivity index is 2.20. The van der Waals surface area contributed by atoms with Crippen molar-refractivity contribution in [1.29, 1.82) is 0 Å². The fraction of sp³-hybridized carbons (Fsp3) is 0.462. The van der Waals surface area contributed by atoms with E-state index in [0.29, 0.717) is 11.5 Å². The van der Waals surface area contributed by atoms with E-state index >= 15 is 0 Å². The van der Waals surface area contributed by atoms with Gasteiger partial charge in [0, 0.05) is 10.7 Å². The number of rotatable bonds is 3. The van der Waals surface area contributed by atoms with Crippen LogP contribution in [0.4, 0.5) is 0 Å². The first-order valence-corrected chi connectivity index (χ1v) is 9.24. The Kier molecular flexibility index (Phi) is 5.38. The molecule has 1 fully saturated rings. The lowest BCUT2D eigenvalue weighted by Gasteiger charge is -2.37. The van der Waals surface area contributed by atoms with Gasteiger partial charge in [0.05, 0.1) is 24.6 Å². The van der Waals surface area contributed by atoms with E-state index in [0.717, 1.165) is 23.8 Å². The topological polar surface area (TPSA) is 42.9 Å². The van der Waals surface area contributed by atoms with Gasteiger partial charge in [0.2, 0.25) is 0 Å². The van der Waals surface area contributed by atoms with E-state index < -0.39 is 0 Å². The summed E-state index contributed by atoms with van der Waals surface area (Å²) in [5.41, 5.74) is 0.287. The number of hydrogen-bond acceptors (Lipinski definition) is 2. The maximum atomic E-state index is 12.4. The highest BCUT2D eigenvalue weighted by Crippen LogP contribution is 2.27. The second kappa shape index (κ2) is 6.30. The molecule has 1 heterocycles. The van der Waals surface area contributed by atoms with E-state index in [2.05, 4.69) is 79.2 Å². The number of quaternary nitrogens is 1. The first kappa shape index (κ1) is 16.2. The predicted octanol–water partition coefficient (Wildman–Crippen LogP) is 2.63. The molecule has 1 saturated heterocycles. The molecule has 0 bridgehead atoms. The molecule has 6 heteroatoms. The third-order valence-corrected chi connectivity index (χ3v) is 7.12. The van der Waals surface area contributed by atoms with Crippen LogP contribution in [0.25, 0.3) is 0 Å². The van der Waals surface area contributed by atoms with Gasteiger partial charge in [0.1, 0.15) is 5.60 Å². The van der Waals surface area contributed by atoms with Crippen molar-refractivity contribution in [1.82, 2.24) is 0 Å². The molecule has 104 valence electrons. The molecule has 0 amide bonds. The average Bonchev–Trinajstić information content (AvgIpc) is 2.18. The van der Waals surface area contributed by atoms with Crippen molar-refractivity contribution >= 4 is 73.7 Å². The van der Waals surface area contributed by atoms with Crippen LogP contribution in [0.1, 0.15) is 24.2 Å². The summed E-state index contributed by atoms with van der Waals surface area (Å²) in [6.45, 7) is 6.10. The van der Waals surface area contributed by atoms with Gasteiger partial charge in [-0.3, -0.25) is 0 Å². The normalized spacial score (nSPS) is 16.1. The highest BCUT2D eigenvalue weighted by atomic mass is 127. The van der Waals surface area contributed by atoms with Crippen molar-refractivity contribution in [3.63, 3.8) is 0 Å². The van der Waals surface area contributed by atoms with Gasteiger partial charge in [-0.15, -0.1) is 0 Å². The van der Waals surface area contributed by atoms with Gasteiger partial charge >= 0.3 is 5.97 Å². The zero-order chi connectivity index (χ0) is 14.2. The molecule has 3 nitrogen and oxygen atoms in total. The summed E-state index contributed by atoms with van der Waals surface area (Å²) in [7, 11) is 0. The summed E-state index contributed by atoms with van der Waals surface area (Å²) in [5, 5.41) is 2.23. The molecule has 1 aromatic carbocycles. The number of halogens is 3. The van der Waals surface area contributed by atoms with Gasteiger partial charge in [0.15, 0.2) is 0 Å². The summed E-state index contributed by atoms with van der Waals surface area (Å²) in [4.78, 5) is 12.4. The molecule has 1 aromatic rings. The van der Waals surface area contributed by atoms with E-state index in [4.69, 9.17) is 4.74 Å². The molecule has 0 saturated carbocycles. The molecule has 19 heavy (non-hydrogen) atoms. The van der Waals surface area contributed by atoms with Crippen LogP contribution < -0.4 is 5.32 Å². The van der Waals surface area contributed by atoms with Crippen LogP contribution >= 0.6 is 67.8 Å². The van der Waals surface area contributed by atoms with Crippen molar-refractivity contribution in [2.45, 2.75) is 19.4 Å². The largest absolute Gasteiger partial charge is 0.455 e. The SMILES string of the molecule is CC(C)(OC(=O)c1cc(I)cc(I)c1I)C1C[NH2+]C1. The van der Waals surface area contributed by atoms with Gasteiger partial charge < -0.3 is 10.1 Å². The van der Waals surface area contributed by atoms with Crippen molar-refractivity contribution in [3.8, 4) is 0 Å². The molecule has 0 atom stereocenters. The van der Waals surface area contributed by atoms with Crippen LogP contribution in [0.2, 0.25) is 0 Å². The number of carbonyl (C=O) groups is 1. The third-order valence-electron chi connectivity index (χ3n) is 3.45. The Morgan fingerprint density at radius 3 is 2.47 bits per heavy atom. The fourth-order valence-corrected chi connectivity index (χ4v) is 4.36. The van der Waals surface area contributed by atoms with Crippen molar-refractivity contribution < 1.29 is 14.8 Å². The second-order valence-electron chi connectivity index (χ2n) is 5.20. The van der Waals surface area contributed by atoms with Crippen LogP contribution in [0.5, 0.6) is 0 Å². The summed E-state index contributed by atoms with van der Waals surface area (Å²) >= 11 is 6.69. The van der Waals surface area contributed by atoms with E-state index in [1.165, 1.54) is 0 Å². The molecule has 1 aliphatic rings. The first-order valence-electron chi connectivity index (χ1n) is 6.01. The molecule has 0 aliphatic carbocycles. The van der Waals surface area contributed by atoms with E-state index in [-0.39, 0.29) is 11.6 Å². The lowest BCUT2D eigenvalue weighted by Crippen LogP contribution is -2.98. The van der Waals surface area contributed by atoms with Gasteiger partial charge in [0.25, 0.3) is 0 Å². The third kappa shape index (κ3) is 3.73. The highest BCUT2D eigenvalue weighted by Gasteiger charge is 2.41. The summed E-state index contributed by atoms with van der Waals surface area (Å²) in [6.07, 6.45) is 0. The Morgan fingerprint density at radius 2 is 1.95 bits per heavy atom. The predicted molar refractivity (Wildman–Crippen MR) is 99.2 cm³/mol. The number of hydrogen-bond donors (Lipinski definition) is 1. The lowest BCUT2D eigenvalue weighted by atomic mass is 9.86. The summed E-state index contributed by atoms with van der Waals surface area (Å²) < 4.78 is 8.87. The number of benzene rings is 1. The standard InChI is InChI=1S/C13H14I3NO2/c1-13(2,7-5-17-6-7)19-12(18)9-3-8(14)4-10(15)11(9)16/h3-4,7,17H,5-6H2,1-2H3/p+1. The molecule has 0 radical (unpaired) electrons. The molecular formula is C13H15I3NO2+. The maximum Gasteiger partial charge on any atom is 0.339 e. The minimum absolute atomic E-state index is 0.210. The van der Waals surface area contributed by atoms with Crippen LogP contribution in [-0.4, -0.2) is 24.7 Å². The molecule has 2 N–H and O–H groups in total. The Bertz CT molecular complexity index is 513. The second-order valence-corrected chi connectivity index (χ2v) is 8.69. The summed E-state index contributed by atoms with van der Waals surface area (Å²) in [5.74, 6) is 0.244. The van der Waals surface area contributed by atoms with Crippen LogP contribution in [0.3, 0.4) is 0 Å². The molecule has 0 unspecified atom stereocenters. The van der Waals surface area contributed by atoms with Gasteiger partial charge in [-0.05, 0) is 93.8 Å². The number of esters is 1. The Morgan fingerprint density at radius 1 is 1.32 bits per heavy atom. The number of nitrogens with two attached hydrogens (primary N) is 1. The zero-order valence-electron chi connectivity index (χ0n) is 10.7. The monoisotopic (exact) mass is 598 g/mol. The number of ether oxygens (including phenoxy) is 1. The molecule has 1 aliphatic heterocycles. The number of carbonyl (C=O) groups excluding carboxylic acids is 1. The fourth-order valence-electron chi connectivity index (χ4n) is 1.98. The van der Waals surface area contributed by atoms with Crippen LogP contribution in [0, 0.1) is 16.6 Å². The first-order chi connectivity index (χ1) is 8.81. The van der Waals surface area contributed by atoms with E-state index in [1.807, 2.05) is 19.9 Å². The van der Waals surface area contributed by atoms with Crippen molar-refractivity contribution in [2.75, 3.05) is 13.1 Å². The van der Waals surface area contributed by atoms with Crippen molar-refractivity contribution in [3.05, 3.63) is 28.4 Å². The zero-order valence-corrected chi connectivity index (χ0v) is 17.1. The highest BCUT2D eigenvalue weighted by molar-refractivity contribution is 14.1. The molecule has 0 aromatic heterocycles. The summed E-state index contributed by atoms with van der Waals surface area (Å²) in [6, 6.07) is 3.96. The lowest BCUT2D eigenvalue weighted by molar-refractivity contribution is -0.728. The van der Waals surface area contributed by atoms with Crippen LogP contribution in [0.15, 0.2) is 12.1 Å². The maximum absolute atomic E-state index is 12.4. The Hall–Kier alpha value is 0.840. The van der Waals surface area contributed by atoms with Gasteiger partial charge in [-0.2, -0.15) is 0 Å². The Labute approximate surface area is 154 Å². The van der Waals surface area contributed by atoms with Gasteiger partial charge in [-0.1, -0.05) is 0 Å². The quantitative estimate of drug-likeness (QED) is 0.331. The van der Waals surface area contributed by atoms with Gasteiger partial charge in [-0.25, -0.2) is 4.79 Å². The average molecular weight is 598 g/mol. The molecule has 0 spiro atoms. The minimum Gasteiger partial charge on any atom is -0.455 e.